The average molecular weight is 374 g/mol. The van der Waals surface area contributed by atoms with Crippen molar-refractivity contribution in [2.45, 2.75) is 11.4 Å². The zero-order chi connectivity index (χ0) is 18.5. The number of aromatic nitrogens is 4. The second-order valence-electron chi connectivity index (χ2n) is 5.33. The summed E-state index contributed by atoms with van der Waals surface area (Å²) in [6.07, 6.45) is 0.408. The SMILES string of the molecule is NC(=O)CSc1ccc2nnc(CCNC(=O)c3ccc(F)cc3)n2n1. The summed E-state index contributed by atoms with van der Waals surface area (Å²) in [5.41, 5.74) is 6.07. The minimum absolute atomic E-state index is 0.129. The van der Waals surface area contributed by atoms with Crippen LogP contribution < -0.4 is 11.1 Å². The predicted octanol–water partition coefficient (Wildman–Crippen LogP) is 0.813. The zero-order valence-electron chi connectivity index (χ0n) is 13.6. The lowest BCUT2D eigenvalue weighted by Crippen LogP contribution is -2.26. The number of amides is 2. The van der Waals surface area contributed by atoms with Crippen LogP contribution >= 0.6 is 11.8 Å². The van der Waals surface area contributed by atoms with Crippen LogP contribution in [0.25, 0.3) is 5.65 Å². The molecular formula is C16H15FN6O2S. The zero-order valence-corrected chi connectivity index (χ0v) is 14.4. The first kappa shape index (κ1) is 17.8. The van der Waals surface area contributed by atoms with Crippen molar-refractivity contribution in [1.82, 2.24) is 25.1 Å². The lowest BCUT2D eigenvalue weighted by Gasteiger charge is -2.05. The second kappa shape index (κ2) is 7.91. The topological polar surface area (TPSA) is 115 Å². The molecule has 0 radical (unpaired) electrons. The van der Waals surface area contributed by atoms with Gasteiger partial charge >= 0.3 is 0 Å². The van der Waals surface area contributed by atoms with Gasteiger partial charge in [-0.1, -0.05) is 11.8 Å². The third kappa shape index (κ3) is 4.33. The highest BCUT2D eigenvalue weighted by Gasteiger charge is 2.10. The van der Waals surface area contributed by atoms with Crippen LogP contribution in [0.1, 0.15) is 16.2 Å². The minimum atomic E-state index is -0.426. The third-order valence-electron chi connectivity index (χ3n) is 3.41. The fraction of sp³-hybridized carbons (Fsp3) is 0.188. The molecule has 0 aliphatic rings. The molecule has 3 rings (SSSR count). The minimum Gasteiger partial charge on any atom is -0.369 e. The molecule has 1 aromatic carbocycles. The fourth-order valence-electron chi connectivity index (χ4n) is 2.19. The first-order chi connectivity index (χ1) is 12.5. The molecule has 10 heteroatoms. The number of nitrogens with zero attached hydrogens (tertiary/aromatic N) is 4. The third-order valence-corrected chi connectivity index (χ3v) is 4.35. The maximum absolute atomic E-state index is 12.9. The van der Waals surface area contributed by atoms with Crippen LogP contribution in [0.5, 0.6) is 0 Å². The van der Waals surface area contributed by atoms with E-state index in [9.17, 15) is 14.0 Å². The number of nitrogens with one attached hydrogen (secondary N) is 1. The van der Waals surface area contributed by atoms with Gasteiger partial charge in [0.15, 0.2) is 11.5 Å². The van der Waals surface area contributed by atoms with Crippen molar-refractivity contribution in [3.63, 3.8) is 0 Å². The number of hydrogen-bond donors (Lipinski definition) is 2. The Kier molecular flexibility index (Phi) is 5.42. The number of thioether (sulfide) groups is 1. The molecule has 3 aromatic rings. The van der Waals surface area contributed by atoms with Gasteiger partial charge < -0.3 is 11.1 Å². The Balaban J connectivity index is 1.63. The number of carbonyl (C=O) groups excluding carboxylic acids is 2. The number of halogens is 1. The molecule has 3 N–H and O–H groups in total. The quantitative estimate of drug-likeness (QED) is 0.592. The second-order valence-corrected chi connectivity index (χ2v) is 6.32. The van der Waals surface area contributed by atoms with Crippen molar-refractivity contribution < 1.29 is 14.0 Å². The summed E-state index contributed by atoms with van der Waals surface area (Å²) in [6.45, 7) is 0.317. The molecule has 0 aliphatic carbocycles. The van der Waals surface area contributed by atoms with E-state index in [2.05, 4.69) is 20.6 Å². The smallest absolute Gasteiger partial charge is 0.251 e. The Morgan fingerprint density at radius 2 is 1.92 bits per heavy atom. The van der Waals surface area contributed by atoms with Gasteiger partial charge in [0.2, 0.25) is 5.91 Å². The largest absolute Gasteiger partial charge is 0.369 e. The van der Waals surface area contributed by atoms with Crippen LogP contribution in [0.3, 0.4) is 0 Å². The van der Waals surface area contributed by atoms with E-state index in [1.807, 2.05) is 0 Å². The summed E-state index contributed by atoms with van der Waals surface area (Å²) in [5, 5.41) is 15.8. The molecule has 8 nitrogen and oxygen atoms in total. The Bertz CT molecular complexity index is 944. The van der Waals surface area contributed by atoms with Crippen molar-refractivity contribution in [3.05, 3.63) is 53.6 Å². The van der Waals surface area contributed by atoms with E-state index in [4.69, 9.17) is 5.73 Å². The first-order valence-electron chi connectivity index (χ1n) is 7.69. The Hall–Kier alpha value is -3.01. The summed E-state index contributed by atoms with van der Waals surface area (Å²) in [7, 11) is 0. The van der Waals surface area contributed by atoms with Crippen LogP contribution in [-0.4, -0.2) is 43.9 Å². The van der Waals surface area contributed by atoms with Gasteiger partial charge in [-0.2, -0.15) is 9.61 Å². The lowest BCUT2D eigenvalue weighted by atomic mass is 10.2. The fourth-order valence-corrected chi connectivity index (χ4v) is 2.78. The molecule has 0 fully saturated rings. The number of benzene rings is 1. The van der Waals surface area contributed by atoms with Crippen molar-refractivity contribution in [2.75, 3.05) is 12.3 Å². The van der Waals surface area contributed by atoms with E-state index in [0.29, 0.717) is 35.0 Å². The number of carbonyl (C=O) groups is 2. The Labute approximate surface area is 152 Å². The average Bonchev–Trinajstić information content (AvgIpc) is 3.03. The summed E-state index contributed by atoms with van der Waals surface area (Å²) >= 11 is 1.22. The van der Waals surface area contributed by atoms with E-state index in [1.54, 1.807) is 16.6 Å². The summed E-state index contributed by atoms with van der Waals surface area (Å²) in [4.78, 5) is 22.9. The molecule has 0 aliphatic heterocycles. The highest BCUT2D eigenvalue weighted by Crippen LogP contribution is 2.15. The van der Waals surface area contributed by atoms with Gasteiger partial charge in [0.1, 0.15) is 10.8 Å². The Morgan fingerprint density at radius 1 is 1.15 bits per heavy atom. The number of rotatable bonds is 7. The van der Waals surface area contributed by atoms with Crippen LogP contribution in [0.2, 0.25) is 0 Å². The standard InChI is InChI=1S/C16H15FN6O2S/c17-11-3-1-10(2-4-11)16(25)19-8-7-14-21-20-13-5-6-15(22-23(13)14)26-9-12(18)24/h1-6H,7-9H2,(H2,18,24)(H,19,25). The first-order valence-corrected chi connectivity index (χ1v) is 8.68. The normalized spacial score (nSPS) is 10.8. The maximum atomic E-state index is 12.9. The highest BCUT2D eigenvalue weighted by molar-refractivity contribution is 7.99. The molecule has 0 saturated heterocycles. The van der Waals surface area contributed by atoms with Crippen molar-refractivity contribution in [3.8, 4) is 0 Å². The van der Waals surface area contributed by atoms with Crippen molar-refractivity contribution in [1.29, 1.82) is 0 Å². The lowest BCUT2D eigenvalue weighted by molar-refractivity contribution is -0.115. The van der Waals surface area contributed by atoms with Crippen LogP contribution in [0, 0.1) is 5.82 Å². The highest BCUT2D eigenvalue weighted by atomic mass is 32.2. The summed E-state index contributed by atoms with van der Waals surface area (Å²) in [5.74, 6) is -0.425. The van der Waals surface area contributed by atoms with Gasteiger partial charge in [-0.15, -0.1) is 10.2 Å². The van der Waals surface area contributed by atoms with Gasteiger partial charge in [0.05, 0.1) is 5.75 Å². The van der Waals surface area contributed by atoms with Gasteiger partial charge in [0, 0.05) is 18.5 Å². The van der Waals surface area contributed by atoms with Crippen molar-refractivity contribution in [2.24, 2.45) is 5.73 Å². The molecule has 26 heavy (non-hydrogen) atoms. The van der Waals surface area contributed by atoms with Crippen LogP contribution in [0.4, 0.5) is 4.39 Å². The summed E-state index contributed by atoms with van der Waals surface area (Å²) in [6, 6.07) is 8.77. The van der Waals surface area contributed by atoms with E-state index in [0.717, 1.165) is 0 Å². The molecule has 0 saturated carbocycles. The molecule has 2 aromatic heterocycles. The Morgan fingerprint density at radius 3 is 2.65 bits per heavy atom. The van der Waals surface area contributed by atoms with E-state index >= 15 is 0 Å². The number of primary amides is 1. The van der Waals surface area contributed by atoms with E-state index in [-0.39, 0.29) is 11.7 Å². The predicted molar refractivity (Wildman–Crippen MR) is 93.1 cm³/mol. The molecule has 0 spiro atoms. The molecular weight excluding hydrogens is 359 g/mol. The summed E-state index contributed by atoms with van der Waals surface area (Å²) < 4.78 is 14.4. The van der Waals surface area contributed by atoms with E-state index in [1.165, 1.54) is 36.0 Å². The van der Waals surface area contributed by atoms with Gasteiger partial charge in [-0.05, 0) is 36.4 Å². The maximum Gasteiger partial charge on any atom is 0.251 e. The van der Waals surface area contributed by atoms with Crippen LogP contribution in [0.15, 0.2) is 41.4 Å². The van der Waals surface area contributed by atoms with Crippen molar-refractivity contribution >= 4 is 29.2 Å². The molecule has 0 unspecified atom stereocenters. The van der Waals surface area contributed by atoms with Gasteiger partial charge in [-0.3, -0.25) is 9.59 Å². The van der Waals surface area contributed by atoms with E-state index < -0.39 is 11.7 Å². The number of nitrogens with two attached hydrogens (primary N) is 1. The molecule has 0 bridgehead atoms. The monoisotopic (exact) mass is 374 g/mol. The van der Waals surface area contributed by atoms with Gasteiger partial charge in [-0.25, -0.2) is 4.39 Å². The molecule has 2 amide bonds. The molecule has 134 valence electrons. The van der Waals surface area contributed by atoms with Crippen LogP contribution in [-0.2, 0) is 11.2 Å². The number of fused-ring (bicyclic) bond motifs is 1. The molecule has 0 atom stereocenters. The number of hydrogen-bond acceptors (Lipinski definition) is 6. The molecule has 2 heterocycles. The van der Waals surface area contributed by atoms with Gasteiger partial charge in [0.25, 0.3) is 5.91 Å².